The Kier molecular flexibility index (Phi) is 5.06. The van der Waals surface area contributed by atoms with Crippen molar-refractivity contribution in [2.75, 3.05) is 0 Å². The number of fused-ring (bicyclic) bond motifs is 2. The Morgan fingerprint density at radius 2 is 1.71 bits per heavy atom. The molecule has 0 bridgehead atoms. The normalized spacial score (nSPS) is 11.1. The number of esters is 1. The third-order valence-corrected chi connectivity index (χ3v) is 5.32. The first-order valence-electron chi connectivity index (χ1n) is 10.2. The zero-order valence-electron chi connectivity index (χ0n) is 17.5. The van der Waals surface area contributed by atoms with Crippen LogP contribution >= 0.6 is 0 Å². The summed E-state index contributed by atoms with van der Waals surface area (Å²) in [5.41, 5.74) is -0.511. The van der Waals surface area contributed by atoms with Crippen LogP contribution in [0.2, 0.25) is 0 Å². The summed E-state index contributed by atoms with van der Waals surface area (Å²) in [7, 11) is 0. The lowest BCUT2D eigenvalue weighted by molar-refractivity contribution is 0.0474. The van der Waals surface area contributed by atoms with Crippen LogP contribution in [0.4, 0.5) is 0 Å². The topological polar surface area (TPSA) is 132 Å². The van der Waals surface area contributed by atoms with Gasteiger partial charge in [-0.05, 0) is 42.5 Å². The van der Waals surface area contributed by atoms with Gasteiger partial charge in [-0.3, -0.25) is 4.79 Å². The number of ether oxygens (including phenoxy) is 1. The number of H-pyrrole nitrogens is 1. The Morgan fingerprint density at radius 3 is 2.50 bits per heavy atom. The first-order valence-corrected chi connectivity index (χ1v) is 10.2. The molecule has 0 aliphatic carbocycles. The van der Waals surface area contributed by atoms with Crippen molar-refractivity contribution in [3.8, 4) is 11.4 Å². The fourth-order valence-electron chi connectivity index (χ4n) is 3.72. The van der Waals surface area contributed by atoms with Crippen LogP contribution in [0.15, 0.2) is 91.6 Å². The van der Waals surface area contributed by atoms with Gasteiger partial charge >= 0.3 is 17.3 Å². The highest BCUT2D eigenvalue weighted by molar-refractivity contribution is 5.94. The molecule has 34 heavy (non-hydrogen) atoms. The maximum absolute atomic E-state index is 12.9. The largest absolute Gasteiger partial charge is 0.508 e. The molecule has 0 saturated heterocycles. The van der Waals surface area contributed by atoms with Gasteiger partial charge in [-0.25, -0.2) is 19.0 Å². The molecule has 2 heterocycles. The fraction of sp³-hybridized carbons (Fsp3) is 0.0400. The summed E-state index contributed by atoms with van der Waals surface area (Å²) >= 11 is 0. The van der Waals surface area contributed by atoms with E-state index in [4.69, 9.17) is 9.15 Å². The van der Waals surface area contributed by atoms with Crippen molar-refractivity contribution in [3.05, 3.63) is 115 Å². The van der Waals surface area contributed by atoms with Crippen molar-refractivity contribution < 1.29 is 19.1 Å². The lowest BCUT2D eigenvalue weighted by Crippen LogP contribution is -2.33. The summed E-state index contributed by atoms with van der Waals surface area (Å²) in [5.74, 6) is -0.781. The van der Waals surface area contributed by atoms with Crippen LogP contribution in [0.3, 0.4) is 0 Å². The monoisotopic (exact) mass is 456 g/mol. The number of aromatic hydroxyl groups is 1. The fourth-order valence-corrected chi connectivity index (χ4v) is 3.72. The summed E-state index contributed by atoms with van der Waals surface area (Å²) in [4.78, 5) is 52.6. The number of aromatic nitrogens is 2. The Hall–Kier alpha value is -4.92. The molecule has 9 heteroatoms. The van der Waals surface area contributed by atoms with Crippen molar-refractivity contribution in [3.63, 3.8) is 0 Å². The van der Waals surface area contributed by atoms with E-state index in [0.29, 0.717) is 16.6 Å². The Morgan fingerprint density at radius 1 is 0.941 bits per heavy atom. The second-order valence-electron chi connectivity index (χ2n) is 7.51. The molecule has 2 aromatic heterocycles. The number of para-hydroxylation sites is 1. The minimum atomic E-state index is -0.713. The highest BCUT2D eigenvalue weighted by atomic mass is 16.5. The molecule has 5 aromatic rings. The van der Waals surface area contributed by atoms with Gasteiger partial charge < -0.3 is 19.2 Å². The Bertz CT molecular complexity index is 1750. The highest BCUT2D eigenvalue weighted by Crippen LogP contribution is 2.22. The molecule has 0 radical (unpaired) electrons. The molecule has 0 atom stereocenters. The molecule has 168 valence electrons. The van der Waals surface area contributed by atoms with Gasteiger partial charge in [-0.15, -0.1) is 0 Å². The molecule has 2 N–H and O–H groups in total. The zero-order chi connectivity index (χ0) is 23.8. The average Bonchev–Trinajstić information content (AvgIpc) is 2.82. The van der Waals surface area contributed by atoms with Gasteiger partial charge in [0.05, 0.1) is 22.2 Å². The number of hydrogen-bond donors (Lipinski definition) is 2. The van der Waals surface area contributed by atoms with E-state index >= 15 is 0 Å². The zero-order valence-corrected chi connectivity index (χ0v) is 17.5. The molecule has 0 spiro atoms. The first kappa shape index (κ1) is 21.0. The number of carbonyl (C=O) groups is 1. The van der Waals surface area contributed by atoms with Gasteiger partial charge in [-0.2, -0.15) is 0 Å². The third kappa shape index (κ3) is 3.75. The predicted octanol–water partition coefficient (Wildman–Crippen LogP) is 2.85. The molecule has 0 aliphatic heterocycles. The summed E-state index contributed by atoms with van der Waals surface area (Å²) < 4.78 is 11.4. The molecule has 0 aliphatic rings. The summed E-state index contributed by atoms with van der Waals surface area (Å²) in [6.07, 6.45) is 0. The molecular formula is C25H16N2O7. The van der Waals surface area contributed by atoms with Crippen LogP contribution in [-0.2, 0) is 11.3 Å². The molecule has 9 nitrogen and oxygen atoms in total. The van der Waals surface area contributed by atoms with Crippen LogP contribution in [0, 0.1) is 0 Å². The van der Waals surface area contributed by atoms with E-state index < -0.39 is 22.8 Å². The van der Waals surface area contributed by atoms with Crippen molar-refractivity contribution >= 4 is 27.8 Å². The summed E-state index contributed by atoms with van der Waals surface area (Å²) in [6, 6.07) is 18.2. The number of rotatable bonds is 4. The highest BCUT2D eigenvalue weighted by Gasteiger charge is 2.15. The van der Waals surface area contributed by atoms with Gasteiger partial charge in [0.2, 0.25) is 0 Å². The maximum atomic E-state index is 12.9. The number of phenolic OH excluding ortho intramolecular Hbond substituents is 1. The third-order valence-electron chi connectivity index (χ3n) is 5.32. The Balaban J connectivity index is 1.46. The molecule has 5 rings (SSSR count). The number of carbonyl (C=O) groups excluding carboxylic acids is 1. The lowest BCUT2D eigenvalue weighted by Gasteiger charge is -2.09. The van der Waals surface area contributed by atoms with E-state index in [9.17, 15) is 24.3 Å². The standard InChI is InChI=1S/C25H16N2O7/c28-17-7-9-18-15(11-22(29)34-21(18)12-17)13-33-24(31)14-6-8-19-20(10-14)26-25(32)27(23(19)30)16-4-2-1-3-5-16/h1-12,28H,13H2,(H,26,32). The van der Waals surface area contributed by atoms with Crippen molar-refractivity contribution in [1.82, 2.24) is 9.55 Å². The molecule has 0 fully saturated rings. The smallest absolute Gasteiger partial charge is 0.338 e. The van der Waals surface area contributed by atoms with Crippen LogP contribution in [0.1, 0.15) is 15.9 Å². The number of hydrogen-bond acceptors (Lipinski definition) is 7. The summed E-state index contributed by atoms with van der Waals surface area (Å²) in [6.45, 7) is -0.226. The average molecular weight is 456 g/mol. The SMILES string of the molecule is O=C(OCc1cc(=O)oc2cc(O)ccc12)c1ccc2c(=O)n(-c3ccccc3)c(=O)[nH]c2c1. The molecule has 0 saturated carbocycles. The maximum Gasteiger partial charge on any atom is 0.338 e. The van der Waals surface area contributed by atoms with E-state index in [1.807, 2.05) is 0 Å². The second-order valence-corrected chi connectivity index (χ2v) is 7.51. The van der Waals surface area contributed by atoms with Gasteiger partial charge in [0.15, 0.2) is 0 Å². The molecule has 0 amide bonds. The van der Waals surface area contributed by atoms with E-state index in [1.165, 1.54) is 36.4 Å². The van der Waals surface area contributed by atoms with E-state index in [-0.39, 0.29) is 34.4 Å². The van der Waals surface area contributed by atoms with E-state index in [0.717, 1.165) is 4.57 Å². The second kappa shape index (κ2) is 8.21. The number of phenols is 1. The number of benzene rings is 3. The van der Waals surface area contributed by atoms with Crippen LogP contribution < -0.4 is 16.9 Å². The molecular weight excluding hydrogens is 440 g/mol. The lowest BCUT2D eigenvalue weighted by atomic mass is 10.1. The van der Waals surface area contributed by atoms with Crippen molar-refractivity contribution in [1.29, 1.82) is 0 Å². The minimum absolute atomic E-state index is 0.0683. The van der Waals surface area contributed by atoms with E-state index in [2.05, 4.69) is 4.98 Å². The van der Waals surface area contributed by atoms with Crippen molar-refractivity contribution in [2.24, 2.45) is 0 Å². The van der Waals surface area contributed by atoms with E-state index in [1.54, 1.807) is 36.4 Å². The molecule has 0 unspecified atom stereocenters. The van der Waals surface area contributed by atoms with Gasteiger partial charge in [0.25, 0.3) is 5.56 Å². The van der Waals surface area contributed by atoms with Crippen molar-refractivity contribution in [2.45, 2.75) is 6.61 Å². The van der Waals surface area contributed by atoms with Gasteiger partial charge in [0.1, 0.15) is 17.9 Å². The van der Waals surface area contributed by atoms with Crippen LogP contribution in [0.5, 0.6) is 5.75 Å². The number of nitrogens with zero attached hydrogens (tertiary/aromatic N) is 1. The van der Waals surface area contributed by atoms with Gasteiger partial charge in [-0.1, -0.05) is 18.2 Å². The van der Waals surface area contributed by atoms with Crippen LogP contribution in [0.25, 0.3) is 27.6 Å². The van der Waals surface area contributed by atoms with Crippen LogP contribution in [-0.4, -0.2) is 20.6 Å². The van der Waals surface area contributed by atoms with Gasteiger partial charge in [0, 0.05) is 23.1 Å². The first-order chi connectivity index (χ1) is 16.4. The Labute approximate surface area is 190 Å². The quantitative estimate of drug-likeness (QED) is 0.314. The molecule has 3 aromatic carbocycles. The number of nitrogens with one attached hydrogen (secondary N) is 1. The minimum Gasteiger partial charge on any atom is -0.508 e. The number of aromatic amines is 1. The summed E-state index contributed by atoms with van der Waals surface area (Å²) in [5, 5.41) is 10.3. The predicted molar refractivity (Wildman–Crippen MR) is 123 cm³/mol.